The van der Waals surface area contributed by atoms with Gasteiger partial charge in [0.05, 0.1) is 11.6 Å². The maximum Gasteiger partial charge on any atom is 0.250 e. The molecule has 1 aromatic carbocycles. The average Bonchev–Trinajstić information content (AvgIpc) is 3.45. The van der Waals surface area contributed by atoms with Crippen molar-refractivity contribution >= 4 is 11.6 Å². The summed E-state index contributed by atoms with van der Waals surface area (Å²) < 4.78 is 6.64. The molecule has 2 bridgehead atoms. The van der Waals surface area contributed by atoms with E-state index in [1.54, 1.807) is 0 Å². The molecule has 0 radical (unpaired) electrons. The first kappa shape index (κ1) is 25.4. The zero-order valence-corrected chi connectivity index (χ0v) is 21.1. The lowest BCUT2D eigenvalue weighted by Gasteiger charge is -2.39. The number of benzene rings is 1. The molecule has 0 spiro atoms. The number of amides is 1. The molecular formula is C29H39N3O3. The fourth-order valence-corrected chi connectivity index (χ4v) is 5.25. The van der Waals surface area contributed by atoms with Gasteiger partial charge in [-0.3, -0.25) is 10.1 Å². The summed E-state index contributed by atoms with van der Waals surface area (Å²) in [6.07, 6.45) is 12.5. The number of carbonyl (C=O) groups excluding carboxylic acids is 1. The van der Waals surface area contributed by atoms with Crippen LogP contribution in [0.3, 0.4) is 0 Å². The smallest absolute Gasteiger partial charge is 0.250 e. The highest BCUT2D eigenvalue weighted by Crippen LogP contribution is 2.49. The van der Waals surface area contributed by atoms with E-state index in [4.69, 9.17) is 4.74 Å². The van der Waals surface area contributed by atoms with Crippen LogP contribution in [0.2, 0.25) is 0 Å². The highest BCUT2D eigenvalue weighted by atomic mass is 16.5. The topological polar surface area (TPSA) is 82.6 Å². The Morgan fingerprint density at radius 3 is 2.69 bits per heavy atom. The van der Waals surface area contributed by atoms with E-state index in [9.17, 15) is 9.90 Å². The lowest BCUT2D eigenvalue weighted by atomic mass is 9.76. The van der Waals surface area contributed by atoms with Crippen molar-refractivity contribution in [3.8, 4) is 0 Å². The Hall–Kier alpha value is -2.67. The molecule has 0 saturated carbocycles. The molecule has 4 rings (SSSR count). The Bertz CT molecular complexity index is 1010. The van der Waals surface area contributed by atoms with E-state index >= 15 is 0 Å². The summed E-state index contributed by atoms with van der Waals surface area (Å²) in [6, 6.07) is 9.86. The fourth-order valence-electron chi connectivity index (χ4n) is 5.25. The molecule has 6 nitrogen and oxygen atoms in total. The average molecular weight is 478 g/mol. The maximum absolute atomic E-state index is 13.3. The third kappa shape index (κ3) is 5.30. The highest BCUT2D eigenvalue weighted by Gasteiger charge is 2.57. The minimum Gasteiger partial charge on any atom is -0.378 e. The number of aliphatic hydroxyl groups is 1. The lowest BCUT2D eigenvalue weighted by Crippen LogP contribution is -2.52. The molecule has 6 heteroatoms. The molecule has 2 aliphatic heterocycles. The van der Waals surface area contributed by atoms with Crippen LogP contribution in [0, 0.1) is 5.92 Å². The van der Waals surface area contributed by atoms with E-state index in [1.165, 1.54) is 5.57 Å². The van der Waals surface area contributed by atoms with Gasteiger partial charge in [-0.05, 0) is 56.4 Å². The van der Waals surface area contributed by atoms with Crippen LogP contribution in [0.15, 0.2) is 77.4 Å². The van der Waals surface area contributed by atoms with E-state index in [1.807, 2.05) is 49.4 Å². The lowest BCUT2D eigenvalue weighted by molar-refractivity contribution is -0.118. The molecule has 2 heterocycles. The van der Waals surface area contributed by atoms with Crippen LogP contribution in [0.1, 0.15) is 46.5 Å². The van der Waals surface area contributed by atoms with E-state index in [0.717, 1.165) is 31.4 Å². The highest BCUT2D eigenvalue weighted by molar-refractivity contribution is 5.97. The number of hydrogen-bond donors (Lipinski definition) is 4. The first-order chi connectivity index (χ1) is 17.0. The molecule has 1 amide bonds. The van der Waals surface area contributed by atoms with Crippen LogP contribution in [0.25, 0.3) is 0 Å². The van der Waals surface area contributed by atoms with Gasteiger partial charge in [-0.15, -0.1) is 0 Å². The Kier molecular flexibility index (Phi) is 8.26. The molecule has 1 aliphatic carbocycles. The maximum atomic E-state index is 13.3. The van der Waals surface area contributed by atoms with Gasteiger partial charge in [0.25, 0.3) is 0 Å². The molecule has 5 unspecified atom stereocenters. The second-order valence-corrected chi connectivity index (χ2v) is 9.70. The van der Waals surface area contributed by atoms with E-state index in [-0.39, 0.29) is 11.9 Å². The summed E-state index contributed by atoms with van der Waals surface area (Å²) in [5.74, 6) is 0.254. The summed E-state index contributed by atoms with van der Waals surface area (Å²) in [6.45, 7) is 7.55. The summed E-state index contributed by atoms with van der Waals surface area (Å²) in [5, 5.41) is 21.3. The Labute approximate surface area is 209 Å². The predicted octanol–water partition coefficient (Wildman–Crippen LogP) is 4.23. The Morgan fingerprint density at radius 1 is 1.20 bits per heavy atom. The van der Waals surface area contributed by atoms with Gasteiger partial charge in [-0.1, -0.05) is 68.8 Å². The minimum absolute atomic E-state index is 0.165. The van der Waals surface area contributed by atoms with Gasteiger partial charge < -0.3 is 20.5 Å². The monoisotopic (exact) mass is 477 g/mol. The summed E-state index contributed by atoms with van der Waals surface area (Å²) in [7, 11) is 0. The number of nitrogens with one attached hydrogen (secondary N) is 3. The second kappa shape index (κ2) is 11.4. The molecule has 4 N–H and O–H groups in total. The molecule has 5 atom stereocenters. The first-order valence-electron chi connectivity index (χ1n) is 13.0. The Balaban J connectivity index is 1.77. The van der Waals surface area contributed by atoms with Crippen LogP contribution >= 0.6 is 0 Å². The summed E-state index contributed by atoms with van der Waals surface area (Å²) in [5.41, 5.74) is 2.52. The van der Waals surface area contributed by atoms with Crippen LogP contribution in [-0.4, -0.2) is 48.1 Å². The van der Waals surface area contributed by atoms with Gasteiger partial charge in [0, 0.05) is 17.8 Å². The molecule has 188 valence electrons. The number of anilines is 1. The van der Waals surface area contributed by atoms with Crippen molar-refractivity contribution in [3.05, 3.63) is 77.4 Å². The number of hydrogen-bond acceptors (Lipinski definition) is 5. The van der Waals surface area contributed by atoms with Crippen molar-refractivity contribution in [2.75, 3.05) is 18.4 Å². The quantitative estimate of drug-likeness (QED) is 0.268. The van der Waals surface area contributed by atoms with Crippen molar-refractivity contribution in [2.24, 2.45) is 5.92 Å². The molecular weight excluding hydrogens is 438 g/mol. The first-order valence-corrected chi connectivity index (χ1v) is 13.0. The zero-order chi connectivity index (χ0) is 24.8. The molecule has 35 heavy (non-hydrogen) atoms. The van der Waals surface area contributed by atoms with Crippen LogP contribution in [0.5, 0.6) is 0 Å². The van der Waals surface area contributed by atoms with Crippen molar-refractivity contribution in [1.82, 2.24) is 10.6 Å². The summed E-state index contributed by atoms with van der Waals surface area (Å²) in [4.78, 5) is 13.3. The second-order valence-electron chi connectivity index (χ2n) is 9.70. The number of carbonyl (C=O) groups is 1. The third-order valence-corrected chi connectivity index (χ3v) is 7.12. The van der Waals surface area contributed by atoms with Crippen molar-refractivity contribution < 1.29 is 14.6 Å². The molecule has 0 saturated heterocycles. The normalized spacial score (nSPS) is 26.6. The number of para-hydroxylation sites is 1. The predicted molar refractivity (Wildman–Crippen MR) is 141 cm³/mol. The van der Waals surface area contributed by atoms with E-state index < -0.39 is 17.9 Å². The standard InChI is InChI=1S/C29H39N3O3/c1-4-17-30-27(33)25-23-15-16-29(35-23,26(25)28(34)31-18-5-2)24(32-22-13-7-6-8-14-22)19-21-12-10-9-11-20(21)3/h6-10,12-16,20,23-24,28,31-32,34H,4-5,11,17-19H2,1-3H3,(H,30,33). The van der Waals surface area contributed by atoms with Crippen LogP contribution in [-0.2, 0) is 9.53 Å². The summed E-state index contributed by atoms with van der Waals surface area (Å²) >= 11 is 0. The SMILES string of the molecule is CCCNC(=O)C1=C(C(O)NCCC)C2(C(CC3=CC=CCC3C)Nc3ccccc3)C=CC1O2. The largest absolute Gasteiger partial charge is 0.378 e. The molecule has 0 aromatic heterocycles. The van der Waals surface area contributed by atoms with E-state index in [0.29, 0.717) is 30.2 Å². The number of ether oxygens (including phenoxy) is 1. The van der Waals surface area contributed by atoms with Gasteiger partial charge in [0.1, 0.15) is 17.9 Å². The fraction of sp³-hybridized carbons (Fsp3) is 0.483. The minimum atomic E-state index is -0.981. The van der Waals surface area contributed by atoms with Crippen molar-refractivity contribution in [2.45, 2.75) is 70.4 Å². The third-order valence-electron chi connectivity index (χ3n) is 7.12. The molecule has 0 fully saturated rings. The molecule has 3 aliphatic rings. The van der Waals surface area contributed by atoms with Gasteiger partial charge in [-0.25, -0.2) is 0 Å². The molecule has 1 aromatic rings. The van der Waals surface area contributed by atoms with Gasteiger partial charge in [0.2, 0.25) is 5.91 Å². The zero-order valence-electron chi connectivity index (χ0n) is 21.1. The van der Waals surface area contributed by atoms with Crippen molar-refractivity contribution in [3.63, 3.8) is 0 Å². The number of fused-ring (bicyclic) bond motifs is 2. The van der Waals surface area contributed by atoms with Gasteiger partial charge in [0.15, 0.2) is 0 Å². The number of rotatable bonds is 12. The number of aliphatic hydroxyl groups excluding tert-OH is 1. The van der Waals surface area contributed by atoms with Crippen LogP contribution in [0.4, 0.5) is 5.69 Å². The van der Waals surface area contributed by atoms with Crippen molar-refractivity contribution in [1.29, 1.82) is 0 Å². The number of allylic oxidation sites excluding steroid dienone is 3. The van der Waals surface area contributed by atoms with Gasteiger partial charge >= 0.3 is 0 Å². The van der Waals surface area contributed by atoms with Gasteiger partial charge in [-0.2, -0.15) is 0 Å². The van der Waals surface area contributed by atoms with E-state index in [2.05, 4.69) is 48.0 Å². The van der Waals surface area contributed by atoms with Crippen LogP contribution < -0.4 is 16.0 Å². The Morgan fingerprint density at radius 2 is 1.97 bits per heavy atom.